The summed E-state index contributed by atoms with van der Waals surface area (Å²) in [6.07, 6.45) is 0. The van der Waals surface area contributed by atoms with Gasteiger partial charge in [-0.1, -0.05) is 53.0 Å². The first-order valence-corrected chi connectivity index (χ1v) is 12.8. The number of amides is 1. The number of hydrogen-bond donors (Lipinski definition) is 1. The number of benzene rings is 3. The zero-order valence-corrected chi connectivity index (χ0v) is 21.5. The van der Waals surface area contributed by atoms with Crippen molar-refractivity contribution in [3.05, 3.63) is 87.4 Å². The third-order valence-electron chi connectivity index (χ3n) is 5.18. The smallest absolute Gasteiger partial charge is 0.264 e. The van der Waals surface area contributed by atoms with E-state index in [1.165, 1.54) is 12.1 Å². The van der Waals surface area contributed by atoms with E-state index in [1.807, 2.05) is 26.8 Å². The van der Waals surface area contributed by atoms with Crippen LogP contribution in [0.1, 0.15) is 16.7 Å². The van der Waals surface area contributed by atoms with Crippen LogP contribution in [0.25, 0.3) is 0 Å². The van der Waals surface area contributed by atoms with Crippen LogP contribution in [0.2, 0.25) is 10.0 Å². The molecule has 0 bridgehead atoms. The Morgan fingerprint density at radius 1 is 0.912 bits per heavy atom. The van der Waals surface area contributed by atoms with Crippen molar-refractivity contribution in [2.45, 2.75) is 25.7 Å². The van der Waals surface area contributed by atoms with Gasteiger partial charge >= 0.3 is 0 Å². The van der Waals surface area contributed by atoms with E-state index in [4.69, 9.17) is 27.9 Å². The van der Waals surface area contributed by atoms with Gasteiger partial charge in [0.2, 0.25) is 5.91 Å². The Kier molecular flexibility index (Phi) is 8.47. The molecule has 1 N–H and O–H groups in total. The molecule has 0 aliphatic rings. The van der Waals surface area contributed by atoms with Gasteiger partial charge in [0, 0.05) is 10.0 Å². The predicted molar refractivity (Wildman–Crippen MR) is 137 cm³/mol. The highest BCUT2D eigenvalue weighted by atomic mass is 35.5. The summed E-state index contributed by atoms with van der Waals surface area (Å²) in [5.41, 5.74) is 2.97. The molecule has 0 aliphatic carbocycles. The van der Waals surface area contributed by atoms with E-state index in [0.717, 1.165) is 21.0 Å². The van der Waals surface area contributed by atoms with Crippen LogP contribution in [-0.4, -0.2) is 34.0 Å². The highest BCUT2D eigenvalue weighted by Crippen LogP contribution is 2.28. The molecule has 0 heterocycles. The van der Waals surface area contributed by atoms with Gasteiger partial charge in [-0.25, -0.2) is 8.42 Å². The molecular formula is C25H26Cl2N2O4S. The number of nitrogens with zero attached hydrogens (tertiary/aromatic N) is 1. The molecule has 0 aromatic heterocycles. The number of ether oxygens (including phenoxy) is 1. The van der Waals surface area contributed by atoms with Gasteiger partial charge in [-0.05, 0) is 68.3 Å². The van der Waals surface area contributed by atoms with Crippen molar-refractivity contribution in [2.24, 2.45) is 0 Å². The molecular weight excluding hydrogens is 495 g/mol. The number of rotatable bonds is 9. The zero-order valence-electron chi connectivity index (χ0n) is 19.1. The predicted octanol–water partition coefficient (Wildman–Crippen LogP) is 5.31. The number of aryl methyl sites for hydroxylation is 3. The molecule has 0 unspecified atom stereocenters. The summed E-state index contributed by atoms with van der Waals surface area (Å²) in [5.74, 6) is 0.112. The molecule has 0 radical (unpaired) electrons. The summed E-state index contributed by atoms with van der Waals surface area (Å²) >= 11 is 12.3. The Morgan fingerprint density at radius 2 is 1.53 bits per heavy atom. The van der Waals surface area contributed by atoms with E-state index in [9.17, 15) is 13.2 Å². The SMILES string of the molecule is Cc1ccc(S(=O)(=O)N(CC(=O)NCCOc2ccc(C)c(Cl)c2)c2ccc(C)c(Cl)c2)cc1. The van der Waals surface area contributed by atoms with E-state index in [-0.39, 0.29) is 18.0 Å². The molecule has 0 saturated carbocycles. The van der Waals surface area contributed by atoms with E-state index >= 15 is 0 Å². The van der Waals surface area contributed by atoms with Gasteiger partial charge in [-0.3, -0.25) is 9.10 Å². The number of sulfonamides is 1. The van der Waals surface area contributed by atoms with Gasteiger partial charge in [0.1, 0.15) is 18.9 Å². The quantitative estimate of drug-likeness (QED) is 0.388. The van der Waals surface area contributed by atoms with Crippen molar-refractivity contribution >= 4 is 44.8 Å². The molecule has 3 rings (SSSR count). The average molecular weight is 521 g/mol. The molecule has 0 aliphatic heterocycles. The Morgan fingerprint density at radius 3 is 2.15 bits per heavy atom. The minimum absolute atomic E-state index is 0.0854. The average Bonchev–Trinajstić information content (AvgIpc) is 2.79. The fourth-order valence-corrected chi connectivity index (χ4v) is 4.86. The fraction of sp³-hybridized carbons (Fsp3) is 0.240. The molecule has 3 aromatic rings. The Bertz CT molecular complexity index is 1280. The lowest BCUT2D eigenvalue weighted by Crippen LogP contribution is -2.42. The summed E-state index contributed by atoms with van der Waals surface area (Å²) in [6, 6.07) is 16.7. The van der Waals surface area contributed by atoms with E-state index in [1.54, 1.807) is 42.5 Å². The van der Waals surface area contributed by atoms with Crippen LogP contribution < -0.4 is 14.4 Å². The standard InChI is InChI=1S/C25H26Cl2N2O4S/c1-17-4-10-22(11-5-17)34(31,32)29(20-8-6-18(2)23(26)14-20)16-25(30)28-12-13-33-21-9-7-19(3)24(27)15-21/h4-11,14-15H,12-13,16H2,1-3H3,(H,28,30). The maximum absolute atomic E-state index is 13.4. The summed E-state index contributed by atoms with van der Waals surface area (Å²) in [7, 11) is -4.01. The maximum Gasteiger partial charge on any atom is 0.264 e. The van der Waals surface area contributed by atoms with Gasteiger partial charge in [0.05, 0.1) is 17.1 Å². The highest BCUT2D eigenvalue weighted by Gasteiger charge is 2.27. The van der Waals surface area contributed by atoms with Gasteiger partial charge < -0.3 is 10.1 Å². The van der Waals surface area contributed by atoms with Gasteiger partial charge in [-0.2, -0.15) is 0 Å². The second-order valence-electron chi connectivity index (χ2n) is 7.87. The number of carbonyl (C=O) groups excluding carboxylic acids is 1. The molecule has 0 atom stereocenters. The molecule has 0 saturated heterocycles. The summed E-state index contributed by atoms with van der Waals surface area (Å²) in [6.45, 7) is 5.56. The normalized spacial score (nSPS) is 11.2. The van der Waals surface area contributed by atoms with Crippen LogP contribution in [0.4, 0.5) is 5.69 Å². The van der Waals surface area contributed by atoms with Crippen LogP contribution >= 0.6 is 23.2 Å². The topological polar surface area (TPSA) is 75.7 Å². The van der Waals surface area contributed by atoms with Crippen LogP contribution in [0.3, 0.4) is 0 Å². The Hall–Kier alpha value is -2.74. The second-order valence-corrected chi connectivity index (χ2v) is 10.5. The van der Waals surface area contributed by atoms with Gasteiger partial charge in [-0.15, -0.1) is 0 Å². The molecule has 180 valence electrons. The fourth-order valence-electron chi connectivity index (χ4n) is 3.10. The largest absolute Gasteiger partial charge is 0.492 e. The second kappa shape index (κ2) is 11.1. The summed E-state index contributed by atoms with van der Waals surface area (Å²) in [5, 5.41) is 3.70. The van der Waals surface area contributed by atoms with Crippen LogP contribution in [0.15, 0.2) is 65.6 Å². The zero-order chi connectivity index (χ0) is 24.9. The molecule has 0 spiro atoms. The highest BCUT2D eigenvalue weighted by molar-refractivity contribution is 7.92. The lowest BCUT2D eigenvalue weighted by molar-refractivity contribution is -0.119. The minimum Gasteiger partial charge on any atom is -0.492 e. The molecule has 0 fully saturated rings. The van der Waals surface area contributed by atoms with Crippen molar-refractivity contribution in [1.82, 2.24) is 5.32 Å². The summed E-state index contributed by atoms with van der Waals surface area (Å²) in [4.78, 5) is 12.8. The van der Waals surface area contributed by atoms with Crippen LogP contribution in [0, 0.1) is 20.8 Å². The number of halogens is 2. The first kappa shape index (κ1) is 25.9. The van der Waals surface area contributed by atoms with Gasteiger partial charge in [0.15, 0.2) is 0 Å². The number of carbonyl (C=O) groups is 1. The van der Waals surface area contributed by atoms with E-state index < -0.39 is 22.5 Å². The van der Waals surface area contributed by atoms with Crippen LogP contribution in [-0.2, 0) is 14.8 Å². The monoisotopic (exact) mass is 520 g/mol. The lowest BCUT2D eigenvalue weighted by Gasteiger charge is -2.24. The van der Waals surface area contributed by atoms with Crippen molar-refractivity contribution in [2.75, 3.05) is 24.0 Å². The molecule has 3 aromatic carbocycles. The Labute approximate surface area is 210 Å². The molecule has 9 heteroatoms. The minimum atomic E-state index is -4.01. The van der Waals surface area contributed by atoms with Crippen molar-refractivity contribution in [3.8, 4) is 5.75 Å². The van der Waals surface area contributed by atoms with Crippen molar-refractivity contribution in [3.63, 3.8) is 0 Å². The molecule has 6 nitrogen and oxygen atoms in total. The first-order valence-electron chi connectivity index (χ1n) is 10.6. The summed E-state index contributed by atoms with van der Waals surface area (Å²) < 4.78 is 33.5. The number of anilines is 1. The van der Waals surface area contributed by atoms with Crippen LogP contribution in [0.5, 0.6) is 5.75 Å². The third kappa shape index (κ3) is 6.44. The van der Waals surface area contributed by atoms with Crippen molar-refractivity contribution in [1.29, 1.82) is 0 Å². The Balaban J connectivity index is 1.73. The molecule has 34 heavy (non-hydrogen) atoms. The third-order valence-corrected chi connectivity index (χ3v) is 7.78. The molecule has 1 amide bonds. The number of nitrogens with one attached hydrogen (secondary N) is 1. The first-order chi connectivity index (χ1) is 16.1. The lowest BCUT2D eigenvalue weighted by atomic mass is 10.2. The van der Waals surface area contributed by atoms with E-state index in [2.05, 4.69) is 5.32 Å². The maximum atomic E-state index is 13.4. The van der Waals surface area contributed by atoms with Gasteiger partial charge in [0.25, 0.3) is 10.0 Å². The number of hydrogen-bond acceptors (Lipinski definition) is 4. The van der Waals surface area contributed by atoms with Crippen molar-refractivity contribution < 1.29 is 17.9 Å². The van der Waals surface area contributed by atoms with E-state index in [0.29, 0.717) is 21.5 Å².